The molecule has 2 rings (SSSR count). The summed E-state index contributed by atoms with van der Waals surface area (Å²) in [5.74, 6) is 0.488. The number of hydrogen-bond acceptors (Lipinski definition) is 5. The van der Waals surface area contributed by atoms with Gasteiger partial charge in [0, 0.05) is 31.6 Å². The second-order valence-corrected chi connectivity index (χ2v) is 4.96. The lowest BCUT2D eigenvalue weighted by molar-refractivity contribution is -0.117. The van der Waals surface area contributed by atoms with Crippen molar-refractivity contribution in [3.63, 3.8) is 0 Å². The topological polar surface area (TPSA) is 99.2 Å². The molecule has 1 aromatic carbocycles. The second kappa shape index (κ2) is 7.22. The van der Waals surface area contributed by atoms with Gasteiger partial charge in [0.25, 0.3) is 0 Å². The van der Waals surface area contributed by atoms with Gasteiger partial charge in [-0.1, -0.05) is 11.2 Å². The average molecular weight is 312 g/mol. The SMILES string of the molecule is CC(=O)N(CCC(=O)Nc1cccc(C#N)c1)c1cc(C)on1. The Morgan fingerprint density at radius 1 is 1.39 bits per heavy atom. The van der Waals surface area contributed by atoms with Gasteiger partial charge in [-0.3, -0.25) is 14.5 Å². The van der Waals surface area contributed by atoms with Crippen molar-refractivity contribution in [2.24, 2.45) is 0 Å². The maximum Gasteiger partial charge on any atom is 0.226 e. The summed E-state index contributed by atoms with van der Waals surface area (Å²) in [6.45, 7) is 3.31. The molecule has 1 heterocycles. The molecule has 0 spiro atoms. The van der Waals surface area contributed by atoms with Gasteiger partial charge in [0.15, 0.2) is 5.82 Å². The van der Waals surface area contributed by atoms with E-state index in [9.17, 15) is 9.59 Å². The fourth-order valence-electron chi connectivity index (χ4n) is 2.02. The molecular formula is C16H16N4O3. The minimum Gasteiger partial charge on any atom is -0.360 e. The number of nitrogens with zero attached hydrogens (tertiary/aromatic N) is 3. The number of nitriles is 1. The molecule has 1 N–H and O–H groups in total. The number of carbonyl (C=O) groups is 2. The fraction of sp³-hybridized carbons (Fsp3) is 0.250. The molecule has 0 aliphatic rings. The van der Waals surface area contributed by atoms with Crippen molar-refractivity contribution in [3.05, 3.63) is 41.7 Å². The predicted octanol–water partition coefficient (Wildman–Crippen LogP) is 2.24. The zero-order valence-electron chi connectivity index (χ0n) is 12.9. The summed E-state index contributed by atoms with van der Waals surface area (Å²) in [6, 6.07) is 10.3. The Kier molecular flexibility index (Phi) is 5.10. The van der Waals surface area contributed by atoms with Gasteiger partial charge in [-0.25, -0.2) is 0 Å². The summed E-state index contributed by atoms with van der Waals surface area (Å²) in [7, 11) is 0. The summed E-state index contributed by atoms with van der Waals surface area (Å²) in [5, 5.41) is 15.3. The molecule has 23 heavy (non-hydrogen) atoms. The molecule has 7 nitrogen and oxygen atoms in total. The number of anilines is 2. The van der Waals surface area contributed by atoms with E-state index in [2.05, 4.69) is 10.5 Å². The Morgan fingerprint density at radius 3 is 2.78 bits per heavy atom. The lowest BCUT2D eigenvalue weighted by Crippen LogP contribution is -2.32. The normalized spacial score (nSPS) is 9.96. The van der Waals surface area contributed by atoms with Crippen LogP contribution in [0.5, 0.6) is 0 Å². The molecule has 0 unspecified atom stereocenters. The second-order valence-electron chi connectivity index (χ2n) is 4.96. The average Bonchev–Trinajstić information content (AvgIpc) is 2.93. The minimum atomic E-state index is -0.258. The third kappa shape index (κ3) is 4.41. The van der Waals surface area contributed by atoms with E-state index in [0.29, 0.717) is 22.8 Å². The summed E-state index contributed by atoms with van der Waals surface area (Å²) in [6.07, 6.45) is 0.0995. The largest absolute Gasteiger partial charge is 0.360 e. The van der Waals surface area contributed by atoms with E-state index in [1.807, 2.05) is 6.07 Å². The standard InChI is InChI=1S/C16H16N4O3/c1-11-8-15(19-23-11)20(12(2)21)7-6-16(22)18-14-5-3-4-13(9-14)10-17/h3-5,8-9H,6-7H2,1-2H3,(H,18,22). The molecule has 0 saturated heterocycles. The van der Waals surface area contributed by atoms with Crippen molar-refractivity contribution in [2.45, 2.75) is 20.3 Å². The number of hydrogen-bond donors (Lipinski definition) is 1. The lowest BCUT2D eigenvalue weighted by Gasteiger charge is -2.17. The van der Waals surface area contributed by atoms with Gasteiger partial charge in [0.05, 0.1) is 11.6 Å². The first-order valence-electron chi connectivity index (χ1n) is 7.01. The van der Waals surface area contributed by atoms with Crippen LogP contribution in [-0.2, 0) is 9.59 Å². The molecule has 0 aliphatic heterocycles. The first-order valence-corrected chi connectivity index (χ1v) is 7.01. The molecule has 2 amide bonds. The molecule has 0 atom stereocenters. The summed E-state index contributed by atoms with van der Waals surface area (Å²) >= 11 is 0. The molecule has 118 valence electrons. The van der Waals surface area contributed by atoms with Crippen LogP contribution < -0.4 is 10.2 Å². The first-order chi connectivity index (χ1) is 11.0. The van der Waals surface area contributed by atoms with Crippen LogP contribution in [0.1, 0.15) is 24.7 Å². The summed E-state index contributed by atoms with van der Waals surface area (Å²) in [5.41, 5.74) is 1.01. The van der Waals surface area contributed by atoms with Crippen LogP contribution >= 0.6 is 0 Å². The summed E-state index contributed by atoms with van der Waals surface area (Å²) < 4.78 is 4.95. The molecule has 0 saturated carbocycles. The Hall–Kier alpha value is -3.14. The fourth-order valence-corrected chi connectivity index (χ4v) is 2.02. The van der Waals surface area contributed by atoms with Crippen molar-refractivity contribution in [3.8, 4) is 6.07 Å². The molecule has 1 aromatic heterocycles. The highest BCUT2D eigenvalue weighted by Crippen LogP contribution is 2.15. The smallest absolute Gasteiger partial charge is 0.226 e. The first kappa shape index (κ1) is 16.2. The minimum absolute atomic E-state index is 0.0995. The van der Waals surface area contributed by atoms with Crippen molar-refractivity contribution < 1.29 is 14.1 Å². The molecule has 0 fully saturated rings. The van der Waals surface area contributed by atoms with Crippen LogP contribution in [0.3, 0.4) is 0 Å². The van der Waals surface area contributed by atoms with Gasteiger partial charge in [0.1, 0.15) is 5.76 Å². The van der Waals surface area contributed by atoms with E-state index in [0.717, 1.165) is 0 Å². The van der Waals surface area contributed by atoms with Crippen molar-refractivity contribution >= 4 is 23.3 Å². The molecular weight excluding hydrogens is 296 g/mol. The Balaban J connectivity index is 1.96. The molecule has 0 bridgehead atoms. The van der Waals surface area contributed by atoms with E-state index < -0.39 is 0 Å². The third-order valence-electron chi connectivity index (χ3n) is 3.11. The molecule has 7 heteroatoms. The number of aryl methyl sites for hydroxylation is 1. The van der Waals surface area contributed by atoms with Crippen LogP contribution in [0.4, 0.5) is 11.5 Å². The van der Waals surface area contributed by atoms with E-state index in [4.69, 9.17) is 9.78 Å². The maximum absolute atomic E-state index is 12.0. The highest BCUT2D eigenvalue weighted by Gasteiger charge is 2.17. The van der Waals surface area contributed by atoms with Crippen LogP contribution in [0, 0.1) is 18.3 Å². The van der Waals surface area contributed by atoms with E-state index in [1.54, 1.807) is 37.3 Å². The van der Waals surface area contributed by atoms with Crippen LogP contribution in [-0.4, -0.2) is 23.5 Å². The maximum atomic E-state index is 12.0. The van der Waals surface area contributed by atoms with E-state index in [-0.39, 0.29) is 24.8 Å². The van der Waals surface area contributed by atoms with E-state index in [1.165, 1.54) is 11.8 Å². The number of carbonyl (C=O) groups excluding carboxylic acids is 2. The number of amides is 2. The number of aromatic nitrogens is 1. The summed E-state index contributed by atoms with van der Waals surface area (Å²) in [4.78, 5) is 25.1. The monoisotopic (exact) mass is 312 g/mol. The van der Waals surface area contributed by atoms with Gasteiger partial charge in [-0.05, 0) is 25.1 Å². The zero-order chi connectivity index (χ0) is 16.8. The van der Waals surface area contributed by atoms with Crippen molar-refractivity contribution in [2.75, 3.05) is 16.8 Å². The highest BCUT2D eigenvalue weighted by atomic mass is 16.5. The van der Waals surface area contributed by atoms with Crippen LogP contribution in [0.15, 0.2) is 34.9 Å². The van der Waals surface area contributed by atoms with Gasteiger partial charge < -0.3 is 9.84 Å². The predicted molar refractivity (Wildman–Crippen MR) is 83.7 cm³/mol. The number of rotatable bonds is 5. The number of nitrogens with one attached hydrogen (secondary N) is 1. The quantitative estimate of drug-likeness (QED) is 0.912. The van der Waals surface area contributed by atoms with Gasteiger partial charge in [-0.2, -0.15) is 5.26 Å². The molecule has 2 aromatic rings. The number of benzene rings is 1. The van der Waals surface area contributed by atoms with Crippen LogP contribution in [0.25, 0.3) is 0 Å². The molecule has 0 aliphatic carbocycles. The third-order valence-corrected chi connectivity index (χ3v) is 3.11. The Labute approximate surface area is 133 Å². The zero-order valence-corrected chi connectivity index (χ0v) is 12.9. The Bertz CT molecular complexity index is 761. The lowest BCUT2D eigenvalue weighted by atomic mass is 10.2. The molecule has 0 radical (unpaired) electrons. The Morgan fingerprint density at radius 2 is 2.17 bits per heavy atom. The van der Waals surface area contributed by atoms with Gasteiger partial charge >= 0.3 is 0 Å². The van der Waals surface area contributed by atoms with Crippen molar-refractivity contribution in [1.82, 2.24) is 5.16 Å². The van der Waals surface area contributed by atoms with Gasteiger partial charge in [-0.15, -0.1) is 0 Å². The highest BCUT2D eigenvalue weighted by molar-refractivity contribution is 5.94. The van der Waals surface area contributed by atoms with Gasteiger partial charge in [0.2, 0.25) is 11.8 Å². The van der Waals surface area contributed by atoms with Crippen LogP contribution in [0.2, 0.25) is 0 Å². The van der Waals surface area contributed by atoms with E-state index >= 15 is 0 Å². The van der Waals surface area contributed by atoms with Crippen molar-refractivity contribution in [1.29, 1.82) is 5.26 Å².